The highest BCUT2D eigenvalue weighted by molar-refractivity contribution is 5.95. The van der Waals surface area contributed by atoms with Gasteiger partial charge in [0, 0.05) is 32.1 Å². The van der Waals surface area contributed by atoms with Crippen LogP contribution in [0.25, 0.3) is 0 Å². The summed E-state index contributed by atoms with van der Waals surface area (Å²) in [5.74, 6) is 0.359. The van der Waals surface area contributed by atoms with Crippen molar-refractivity contribution in [3.8, 4) is 5.75 Å². The van der Waals surface area contributed by atoms with Gasteiger partial charge in [-0.25, -0.2) is 4.39 Å². The monoisotopic (exact) mass is 399 g/mol. The largest absolute Gasteiger partial charge is 0.493 e. The number of amides is 1. The summed E-state index contributed by atoms with van der Waals surface area (Å²) in [6.45, 7) is 7.10. The van der Waals surface area contributed by atoms with Crippen LogP contribution in [0.5, 0.6) is 5.75 Å². The third-order valence-corrected chi connectivity index (χ3v) is 5.24. The van der Waals surface area contributed by atoms with E-state index in [1.807, 2.05) is 44.2 Å². The normalized spacial score (nSPS) is 15.8. The smallest absolute Gasteiger partial charge is 0.253 e. The van der Waals surface area contributed by atoms with Crippen LogP contribution >= 0.6 is 0 Å². The molecule has 0 atom stereocenters. The molecule has 156 valence electrons. The van der Waals surface area contributed by atoms with E-state index in [4.69, 9.17) is 4.74 Å². The summed E-state index contributed by atoms with van der Waals surface area (Å²) in [6.07, 6.45) is 2.09. The Labute approximate surface area is 173 Å². The SMILES string of the molecule is CC.CC(=O)c1cc(C2CC2)c(OCC2CN(C(=O)c3ccccc3)C2)cc1F.[HH]. The lowest BCUT2D eigenvalue weighted by Gasteiger charge is -2.39. The molecule has 2 aliphatic rings. The molecule has 0 aromatic heterocycles. The van der Waals surface area contributed by atoms with Crippen molar-refractivity contribution in [2.24, 2.45) is 5.92 Å². The minimum atomic E-state index is -0.531. The molecule has 0 bridgehead atoms. The molecular formula is C24H30FNO3. The fourth-order valence-electron chi connectivity index (χ4n) is 3.49. The molecule has 1 aliphatic heterocycles. The van der Waals surface area contributed by atoms with E-state index in [9.17, 15) is 14.0 Å². The third kappa shape index (κ3) is 4.84. The van der Waals surface area contributed by atoms with Gasteiger partial charge in [-0.1, -0.05) is 32.0 Å². The van der Waals surface area contributed by atoms with Gasteiger partial charge in [0.15, 0.2) is 5.78 Å². The fraction of sp³-hybridized carbons (Fsp3) is 0.417. The van der Waals surface area contributed by atoms with Crippen LogP contribution in [0.3, 0.4) is 0 Å². The van der Waals surface area contributed by atoms with Crippen LogP contribution in [-0.2, 0) is 0 Å². The van der Waals surface area contributed by atoms with Gasteiger partial charge in [-0.15, -0.1) is 0 Å². The van der Waals surface area contributed by atoms with Gasteiger partial charge in [0.1, 0.15) is 11.6 Å². The van der Waals surface area contributed by atoms with Crippen LogP contribution in [0, 0.1) is 11.7 Å². The Morgan fingerprint density at radius 1 is 1.14 bits per heavy atom. The molecule has 5 heteroatoms. The number of ether oxygens (including phenoxy) is 1. The second kappa shape index (κ2) is 9.21. The number of ketones is 1. The fourth-order valence-corrected chi connectivity index (χ4v) is 3.49. The van der Waals surface area contributed by atoms with Crippen molar-refractivity contribution in [2.45, 2.75) is 39.5 Å². The quantitative estimate of drug-likeness (QED) is 0.617. The molecule has 0 radical (unpaired) electrons. The lowest BCUT2D eigenvalue weighted by molar-refractivity contribution is 0.0392. The highest BCUT2D eigenvalue weighted by Gasteiger charge is 2.33. The van der Waals surface area contributed by atoms with E-state index in [1.54, 1.807) is 11.0 Å². The minimum Gasteiger partial charge on any atom is -0.493 e. The predicted molar refractivity (Wildman–Crippen MR) is 113 cm³/mol. The summed E-state index contributed by atoms with van der Waals surface area (Å²) < 4.78 is 20.1. The molecule has 1 heterocycles. The number of rotatable bonds is 6. The maximum atomic E-state index is 14.2. The van der Waals surface area contributed by atoms with E-state index in [0.717, 1.165) is 18.4 Å². The van der Waals surface area contributed by atoms with Crippen LogP contribution in [-0.4, -0.2) is 36.3 Å². The molecule has 4 rings (SSSR count). The van der Waals surface area contributed by atoms with Gasteiger partial charge in [-0.05, 0) is 49.4 Å². The van der Waals surface area contributed by atoms with Crippen molar-refractivity contribution in [3.05, 3.63) is 65.0 Å². The molecule has 1 aliphatic carbocycles. The highest BCUT2D eigenvalue weighted by Crippen LogP contribution is 2.45. The zero-order valence-corrected chi connectivity index (χ0v) is 17.3. The van der Waals surface area contributed by atoms with Gasteiger partial charge in [0.2, 0.25) is 0 Å². The van der Waals surface area contributed by atoms with Gasteiger partial charge in [-0.3, -0.25) is 9.59 Å². The molecule has 29 heavy (non-hydrogen) atoms. The third-order valence-electron chi connectivity index (χ3n) is 5.24. The molecule has 2 fully saturated rings. The Hall–Kier alpha value is -2.69. The number of carbonyl (C=O) groups excluding carboxylic acids is 2. The van der Waals surface area contributed by atoms with E-state index in [-0.39, 0.29) is 24.6 Å². The highest BCUT2D eigenvalue weighted by atomic mass is 19.1. The van der Waals surface area contributed by atoms with E-state index < -0.39 is 5.82 Å². The van der Waals surface area contributed by atoms with Crippen LogP contribution < -0.4 is 4.74 Å². The molecule has 4 nitrogen and oxygen atoms in total. The summed E-state index contributed by atoms with van der Waals surface area (Å²) in [4.78, 5) is 25.7. The molecule has 1 amide bonds. The summed E-state index contributed by atoms with van der Waals surface area (Å²) in [5, 5.41) is 0. The minimum absolute atomic E-state index is 0. The second-order valence-electron chi connectivity index (χ2n) is 7.45. The Kier molecular flexibility index (Phi) is 6.68. The lowest BCUT2D eigenvalue weighted by atomic mass is 9.99. The number of halogens is 1. The second-order valence-corrected chi connectivity index (χ2v) is 7.45. The summed E-state index contributed by atoms with van der Waals surface area (Å²) in [7, 11) is 0. The average molecular weight is 400 g/mol. The molecule has 1 saturated heterocycles. The molecule has 0 N–H and O–H groups in total. The first-order valence-electron chi connectivity index (χ1n) is 10.3. The van der Waals surface area contributed by atoms with Crippen molar-refractivity contribution in [1.82, 2.24) is 4.90 Å². The first kappa shape index (κ1) is 21.0. The maximum Gasteiger partial charge on any atom is 0.253 e. The molecule has 2 aromatic carbocycles. The number of likely N-dealkylation sites (tertiary alicyclic amines) is 1. The Balaban J connectivity index is 0.00000104. The van der Waals surface area contributed by atoms with Gasteiger partial charge in [-0.2, -0.15) is 0 Å². The predicted octanol–water partition coefficient (Wildman–Crippen LogP) is 5.33. The number of Topliss-reactive ketones (excluding diaryl/α,β-unsaturated/α-hetero) is 1. The van der Waals surface area contributed by atoms with E-state index in [2.05, 4.69) is 0 Å². The average Bonchev–Trinajstić information content (AvgIpc) is 3.53. The van der Waals surface area contributed by atoms with Gasteiger partial charge in [0.05, 0.1) is 12.2 Å². The van der Waals surface area contributed by atoms with E-state index in [1.165, 1.54) is 13.0 Å². The Morgan fingerprint density at radius 3 is 2.38 bits per heavy atom. The van der Waals surface area contributed by atoms with Crippen molar-refractivity contribution in [1.29, 1.82) is 0 Å². The number of carbonyl (C=O) groups is 2. The van der Waals surface area contributed by atoms with Gasteiger partial charge >= 0.3 is 0 Å². The molecular weight excluding hydrogens is 369 g/mol. The first-order chi connectivity index (χ1) is 14.0. The zero-order valence-electron chi connectivity index (χ0n) is 17.3. The molecule has 0 unspecified atom stereocenters. The van der Waals surface area contributed by atoms with Crippen LogP contribution in [0.1, 0.15) is 67.2 Å². The number of nitrogens with zero attached hydrogens (tertiary/aromatic N) is 1. The topological polar surface area (TPSA) is 46.6 Å². The van der Waals surface area contributed by atoms with Gasteiger partial charge < -0.3 is 9.64 Å². The number of hydrogen-bond acceptors (Lipinski definition) is 3. The summed E-state index contributed by atoms with van der Waals surface area (Å²) in [5.41, 5.74) is 1.75. The Morgan fingerprint density at radius 2 is 1.79 bits per heavy atom. The number of hydrogen-bond donors (Lipinski definition) is 0. The summed E-state index contributed by atoms with van der Waals surface area (Å²) in [6, 6.07) is 12.2. The first-order valence-corrected chi connectivity index (χ1v) is 10.3. The van der Waals surface area contributed by atoms with Crippen LogP contribution in [0.2, 0.25) is 0 Å². The number of benzene rings is 2. The maximum absolute atomic E-state index is 14.2. The van der Waals surface area contributed by atoms with Gasteiger partial charge in [0.25, 0.3) is 5.91 Å². The van der Waals surface area contributed by atoms with Crippen molar-refractivity contribution < 1.29 is 20.1 Å². The van der Waals surface area contributed by atoms with Crippen LogP contribution in [0.4, 0.5) is 4.39 Å². The van der Waals surface area contributed by atoms with Crippen molar-refractivity contribution >= 4 is 11.7 Å². The van der Waals surface area contributed by atoms with Crippen molar-refractivity contribution in [3.63, 3.8) is 0 Å². The standard InChI is InChI=1S/C22H22FNO3.C2H6.H2/c1-14(25)18-9-19(16-7-8-16)21(10-20(18)23)27-13-15-11-24(12-15)22(26)17-5-3-2-4-6-17;1-2;/h2-6,9-10,15-16H,7-8,11-13H2,1H3;1-2H3;1H. The van der Waals surface area contributed by atoms with Crippen LogP contribution in [0.15, 0.2) is 42.5 Å². The van der Waals surface area contributed by atoms with Crippen molar-refractivity contribution in [2.75, 3.05) is 19.7 Å². The summed E-state index contributed by atoms with van der Waals surface area (Å²) >= 11 is 0. The molecule has 2 aromatic rings. The zero-order chi connectivity index (χ0) is 21.0. The lowest BCUT2D eigenvalue weighted by Crippen LogP contribution is -2.52. The Bertz CT molecular complexity index is 878. The molecule has 0 spiro atoms. The van der Waals surface area contributed by atoms with E-state index >= 15 is 0 Å². The van der Waals surface area contributed by atoms with E-state index in [0.29, 0.717) is 36.9 Å². The molecule has 1 saturated carbocycles.